The van der Waals surface area contributed by atoms with Gasteiger partial charge in [0.25, 0.3) is 5.56 Å². The highest BCUT2D eigenvalue weighted by Gasteiger charge is 2.31. The van der Waals surface area contributed by atoms with Crippen molar-refractivity contribution in [3.05, 3.63) is 56.8 Å². The Hall–Kier alpha value is -2.75. The first-order chi connectivity index (χ1) is 12.9. The molecule has 1 aliphatic carbocycles. The van der Waals surface area contributed by atoms with Gasteiger partial charge in [0.1, 0.15) is 4.83 Å². The minimum Gasteiger partial charge on any atom is -0.291 e. The molecule has 0 N–H and O–H groups in total. The standard InChI is InChI=1S/C17H12F3N5OS/c18-17(19,20)9-4-5-12-22-23-13(25(12)6-9)7-24-8-21-15-14(16(24)26)10-2-1-3-11(10)27-15/h4-6,8H,1-3,7H2. The predicted octanol–water partition coefficient (Wildman–Crippen LogP) is 3.06. The number of alkyl halides is 3. The number of thiophene rings is 1. The van der Waals surface area contributed by atoms with Crippen molar-refractivity contribution in [3.63, 3.8) is 0 Å². The van der Waals surface area contributed by atoms with Crippen molar-refractivity contribution in [1.82, 2.24) is 24.1 Å². The van der Waals surface area contributed by atoms with Crippen LogP contribution < -0.4 is 5.56 Å². The molecule has 10 heteroatoms. The summed E-state index contributed by atoms with van der Waals surface area (Å²) in [6.45, 7) is -0.00509. The predicted molar refractivity (Wildman–Crippen MR) is 93.0 cm³/mol. The van der Waals surface area contributed by atoms with Crippen LogP contribution in [0.2, 0.25) is 0 Å². The Kier molecular flexibility index (Phi) is 3.42. The van der Waals surface area contributed by atoms with Crippen LogP contribution in [0.25, 0.3) is 15.9 Å². The molecule has 0 unspecified atom stereocenters. The SMILES string of the molecule is O=c1c2c3c(sc2ncn1Cc1nnc2ccc(C(F)(F)F)cn12)CCC3. The van der Waals surface area contributed by atoms with Crippen molar-refractivity contribution in [3.8, 4) is 0 Å². The zero-order chi connectivity index (χ0) is 18.8. The third-order valence-corrected chi connectivity index (χ3v) is 6.00. The molecule has 0 spiro atoms. The zero-order valence-electron chi connectivity index (χ0n) is 13.8. The van der Waals surface area contributed by atoms with Gasteiger partial charge in [-0.25, -0.2) is 4.98 Å². The van der Waals surface area contributed by atoms with Crippen LogP contribution in [0.15, 0.2) is 29.5 Å². The van der Waals surface area contributed by atoms with E-state index in [-0.39, 0.29) is 23.6 Å². The topological polar surface area (TPSA) is 65.1 Å². The maximum Gasteiger partial charge on any atom is 0.417 e. The van der Waals surface area contributed by atoms with Gasteiger partial charge in [0, 0.05) is 11.1 Å². The molecule has 4 aromatic rings. The Labute approximate surface area is 153 Å². The van der Waals surface area contributed by atoms with E-state index in [9.17, 15) is 18.0 Å². The zero-order valence-corrected chi connectivity index (χ0v) is 14.6. The fraction of sp³-hybridized carbons (Fsp3) is 0.294. The van der Waals surface area contributed by atoms with Gasteiger partial charge in [0.05, 0.1) is 23.8 Å². The summed E-state index contributed by atoms with van der Waals surface area (Å²) in [5.41, 5.74) is 0.361. The molecule has 0 aliphatic heterocycles. The molecule has 5 rings (SSSR count). The first kappa shape index (κ1) is 16.4. The second kappa shape index (κ2) is 5.62. The van der Waals surface area contributed by atoms with E-state index in [4.69, 9.17) is 0 Å². The van der Waals surface area contributed by atoms with Crippen molar-refractivity contribution < 1.29 is 13.2 Å². The van der Waals surface area contributed by atoms with Crippen molar-refractivity contribution in [1.29, 1.82) is 0 Å². The van der Waals surface area contributed by atoms with Gasteiger partial charge in [0.15, 0.2) is 11.5 Å². The molecule has 0 fully saturated rings. The molecule has 6 nitrogen and oxygen atoms in total. The maximum absolute atomic E-state index is 13.0. The number of hydrogen-bond acceptors (Lipinski definition) is 5. The summed E-state index contributed by atoms with van der Waals surface area (Å²) >= 11 is 1.54. The van der Waals surface area contributed by atoms with Crippen LogP contribution in [0.4, 0.5) is 13.2 Å². The van der Waals surface area contributed by atoms with Gasteiger partial charge >= 0.3 is 6.18 Å². The van der Waals surface area contributed by atoms with Crippen molar-refractivity contribution in [2.45, 2.75) is 32.0 Å². The fourth-order valence-corrected chi connectivity index (χ4v) is 4.72. The third-order valence-electron chi connectivity index (χ3n) is 4.80. The van der Waals surface area contributed by atoms with Gasteiger partial charge in [-0.15, -0.1) is 21.5 Å². The number of fused-ring (bicyclic) bond motifs is 4. The summed E-state index contributed by atoms with van der Waals surface area (Å²) < 4.78 is 41.6. The third kappa shape index (κ3) is 2.54. The van der Waals surface area contributed by atoms with Crippen LogP contribution >= 0.6 is 11.3 Å². The highest BCUT2D eigenvalue weighted by atomic mass is 32.1. The molecule has 0 saturated heterocycles. The lowest BCUT2D eigenvalue weighted by atomic mass is 10.2. The summed E-state index contributed by atoms with van der Waals surface area (Å²) in [6.07, 6.45) is 0.754. The number of halogens is 3. The monoisotopic (exact) mass is 391 g/mol. The van der Waals surface area contributed by atoms with Crippen LogP contribution in [0.5, 0.6) is 0 Å². The van der Waals surface area contributed by atoms with E-state index in [1.165, 1.54) is 26.2 Å². The molecule has 0 radical (unpaired) electrons. The van der Waals surface area contributed by atoms with E-state index >= 15 is 0 Å². The maximum atomic E-state index is 13.0. The van der Waals surface area contributed by atoms with E-state index in [0.717, 1.165) is 37.1 Å². The lowest BCUT2D eigenvalue weighted by Crippen LogP contribution is -2.22. The molecule has 0 amide bonds. The van der Waals surface area contributed by atoms with Crippen molar-refractivity contribution in [2.75, 3.05) is 0 Å². The van der Waals surface area contributed by atoms with Crippen LogP contribution in [-0.2, 0) is 25.6 Å². The summed E-state index contributed by atoms with van der Waals surface area (Å²) in [6, 6.07) is 2.22. The number of aromatic nitrogens is 5. The second-order valence-corrected chi connectivity index (χ2v) is 7.56. The molecule has 0 aromatic carbocycles. The molecule has 0 bridgehead atoms. The lowest BCUT2D eigenvalue weighted by Gasteiger charge is -2.08. The lowest BCUT2D eigenvalue weighted by molar-refractivity contribution is -0.137. The van der Waals surface area contributed by atoms with Gasteiger partial charge in [-0.05, 0) is 37.0 Å². The number of nitrogens with zero attached hydrogens (tertiary/aromatic N) is 5. The number of hydrogen-bond donors (Lipinski definition) is 0. The summed E-state index contributed by atoms with van der Waals surface area (Å²) in [5, 5.41) is 8.47. The largest absolute Gasteiger partial charge is 0.417 e. The normalized spacial score (nSPS) is 14.3. The molecule has 27 heavy (non-hydrogen) atoms. The van der Waals surface area contributed by atoms with Crippen LogP contribution in [0.1, 0.15) is 28.2 Å². The van der Waals surface area contributed by atoms with Crippen LogP contribution in [0, 0.1) is 0 Å². The summed E-state index contributed by atoms with van der Waals surface area (Å²) in [5.74, 6) is 0.242. The minimum absolute atomic E-state index is 0.00509. The Morgan fingerprint density at radius 3 is 2.85 bits per heavy atom. The highest BCUT2D eigenvalue weighted by Crippen LogP contribution is 2.34. The highest BCUT2D eigenvalue weighted by molar-refractivity contribution is 7.18. The average Bonchev–Trinajstić information content (AvgIpc) is 3.30. The first-order valence-corrected chi connectivity index (χ1v) is 9.14. The van der Waals surface area contributed by atoms with Crippen molar-refractivity contribution in [2.24, 2.45) is 0 Å². The fourth-order valence-electron chi connectivity index (χ4n) is 3.50. The van der Waals surface area contributed by atoms with Crippen molar-refractivity contribution >= 4 is 27.2 Å². The quantitative estimate of drug-likeness (QED) is 0.527. The smallest absolute Gasteiger partial charge is 0.291 e. The number of aryl methyl sites for hydroxylation is 2. The second-order valence-electron chi connectivity index (χ2n) is 6.48. The Balaban J connectivity index is 1.61. The first-order valence-electron chi connectivity index (χ1n) is 8.32. The number of pyridine rings is 1. The summed E-state index contributed by atoms with van der Waals surface area (Å²) in [4.78, 5) is 19.2. The minimum atomic E-state index is -4.47. The molecule has 138 valence electrons. The van der Waals surface area contributed by atoms with E-state index in [1.54, 1.807) is 11.3 Å². The van der Waals surface area contributed by atoms with Gasteiger partial charge in [0.2, 0.25) is 0 Å². The number of rotatable bonds is 2. The molecular formula is C17H12F3N5OS. The molecular weight excluding hydrogens is 379 g/mol. The average molecular weight is 391 g/mol. The molecule has 4 aromatic heterocycles. The molecule has 4 heterocycles. The van der Waals surface area contributed by atoms with Gasteiger partial charge in [-0.2, -0.15) is 13.2 Å². The van der Waals surface area contributed by atoms with Crippen LogP contribution in [-0.4, -0.2) is 24.1 Å². The Morgan fingerprint density at radius 1 is 1.19 bits per heavy atom. The summed E-state index contributed by atoms with van der Waals surface area (Å²) in [7, 11) is 0. The molecule has 0 saturated carbocycles. The Morgan fingerprint density at radius 2 is 2.04 bits per heavy atom. The van der Waals surface area contributed by atoms with E-state index < -0.39 is 11.7 Å². The van der Waals surface area contributed by atoms with Gasteiger partial charge < -0.3 is 0 Å². The van der Waals surface area contributed by atoms with E-state index in [0.29, 0.717) is 10.2 Å². The molecule has 0 atom stereocenters. The van der Waals surface area contributed by atoms with Gasteiger partial charge in [-0.1, -0.05) is 0 Å². The van der Waals surface area contributed by atoms with E-state index in [1.807, 2.05) is 0 Å². The molecule has 1 aliphatic rings. The van der Waals surface area contributed by atoms with E-state index in [2.05, 4.69) is 15.2 Å². The van der Waals surface area contributed by atoms with Gasteiger partial charge in [-0.3, -0.25) is 13.8 Å². The van der Waals surface area contributed by atoms with Crippen LogP contribution in [0.3, 0.4) is 0 Å². The Bertz CT molecular complexity index is 1250.